The number of aliphatic carboxylic acids is 1. The molecule has 1 aliphatic carbocycles. The van der Waals surface area contributed by atoms with Crippen LogP contribution in [0.2, 0.25) is 0 Å². The third-order valence-electron chi connectivity index (χ3n) is 4.72. The molecule has 0 spiro atoms. The summed E-state index contributed by atoms with van der Waals surface area (Å²) in [6.07, 6.45) is 12.1. The topological polar surface area (TPSA) is 94.8 Å². The Balaban J connectivity index is 2.48. The minimum Gasteiger partial charge on any atom is -0.481 e. The highest BCUT2D eigenvalue weighted by atomic mass is 16.4. The number of aliphatic hydroxyl groups is 2. The van der Waals surface area contributed by atoms with Gasteiger partial charge in [-0.1, -0.05) is 50.5 Å². The molecule has 4 atom stereocenters. The molecule has 0 amide bonds. The summed E-state index contributed by atoms with van der Waals surface area (Å²) in [5, 5.41) is 28.7. The van der Waals surface area contributed by atoms with Crippen LogP contribution < -0.4 is 0 Å². The molecule has 1 rings (SSSR count). The summed E-state index contributed by atoms with van der Waals surface area (Å²) >= 11 is 0. The highest BCUT2D eigenvalue weighted by Gasteiger charge is 2.39. The van der Waals surface area contributed by atoms with E-state index in [1.54, 1.807) is 12.2 Å². The Morgan fingerprint density at radius 2 is 2.04 bits per heavy atom. The van der Waals surface area contributed by atoms with Crippen molar-refractivity contribution in [3.63, 3.8) is 0 Å². The Morgan fingerprint density at radius 1 is 1.28 bits per heavy atom. The van der Waals surface area contributed by atoms with Gasteiger partial charge in [0, 0.05) is 24.7 Å². The lowest BCUT2D eigenvalue weighted by atomic mass is 9.90. The number of carbonyl (C=O) groups is 2. The summed E-state index contributed by atoms with van der Waals surface area (Å²) < 4.78 is 0. The van der Waals surface area contributed by atoms with E-state index in [9.17, 15) is 19.8 Å². The maximum Gasteiger partial charge on any atom is 0.303 e. The molecule has 1 saturated carbocycles. The van der Waals surface area contributed by atoms with Gasteiger partial charge in [-0.25, -0.2) is 0 Å². The van der Waals surface area contributed by atoms with E-state index in [2.05, 4.69) is 6.92 Å². The van der Waals surface area contributed by atoms with Gasteiger partial charge in [-0.15, -0.1) is 0 Å². The molecule has 0 aromatic heterocycles. The van der Waals surface area contributed by atoms with Crippen molar-refractivity contribution < 1.29 is 24.9 Å². The van der Waals surface area contributed by atoms with Gasteiger partial charge in [0.05, 0.1) is 12.2 Å². The van der Waals surface area contributed by atoms with Crippen LogP contribution >= 0.6 is 0 Å². The zero-order valence-corrected chi connectivity index (χ0v) is 15.1. The van der Waals surface area contributed by atoms with E-state index in [1.807, 2.05) is 12.2 Å². The molecule has 0 bridgehead atoms. The predicted octanol–water partition coefficient (Wildman–Crippen LogP) is 3.25. The summed E-state index contributed by atoms with van der Waals surface area (Å²) in [6.45, 7) is 2.11. The maximum absolute atomic E-state index is 12.1. The molecule has 1 aliphatic rings. The van der Waals surface area contributed by atoms with Crippen molar-refractivity contribution in [2.45, 2.75) is 76.9 Å². The van der Waals surface area contributed by atoms with Gasteiger partial charge in [0.1, 0.15) is 5.78 Å². The third-order valence-corrected chi connectivity index (χ3v) is 4.72. The van der Waals surface area contributed by atoms with Crippen LogP contribution in [-0.2, 0) is 9.59 Å². The standard InChI is InChI=1S/C20H32O5/c1-2-3-6-9-15(21)12-13-17-16(18(22)14-19(17)23)10-7-4-5-8-11-20(24)25/h4,7,12-13,15-18,21-22H,2-3,5-6,8-11,14H2,1H3,(H,24,25)/b7-4+,13-12+/t15-,16+,17?,18-/m0/s1. The van der Waals surface area contributed by atoms with Gasteiger partial charge >= 0.3 is 5.97 Å². The monoisotopic (exact) mass is 352 g/mol. The number of rotatable bonds is 12. The van der Waals surface area contributed by atoms with Crippen molar-refractivity contribution in [3.8, 4) is 0 Å². The molecule has 25 heavy (non-hydrogen) atoms. The zero-order valence-electron chi connectivity index (χ0n) is 15.1. The lowest BCUT2D eigenvalue weighted by Gasteiger charge is -2.17. The minimum atomic E-state index is -0.798. The summed E-state index contributed by atoms with van der Waals surface area (Å²) in [7, 11) is 0. The van der Waals surface area contributed by atoms with E-state index in [-0.39, 0.29) is 30.5 Å². The maximum atomic E-state index is 12.1. The van der Waals surface area contributed by atoms with E-state index in [0.29, 0.717) is 25.7 Å². The molecular formula is C20H32O5. The fourth-order valence-corrected chi connectivity index (χ4v) is 3.22. The van der Waals surface area contributed by atoms with E-state index in [4.69, 9.17) is 5.11 Å². The molecule has 0 heterocycles. The fraction of sp³-hybridized carbons (Fsp3) is 0.700. The van der Waals surface area contributed by atoms with Crippen LogP contribution in [0.4, 0.5) is 0 Å². The fourth-order valence-electron chi connectivity index (χ4n) is 3.22. The Morgan fingerprint density at radius 3 is 2.72 bits per heavy atom. The van der Waals surface area contributed by atoms with E-state index in [0.717, 1.165) is 19.3 Å². The Kier molecular flexibility index (Phi) is 10.3. The molecule has 0 aliphatic heterocycles. The first-order chi connectivity index (χ1) is 12.0. The van der Waals surface area contributed by atoms with Crippen LogP contribution in [0.5, 0.6) is 0 Å². The minimum absolute atomic E-state index is 0.0220. The normalized spacial score (nSPS) is 25.2. The zero-order chi connectivity index (χ0) is 18.7. The number of ketones is 1. The van der Waals surface area contributed by atoms with Crippen molar-refractivity contribution >= 4 is 11.8 Å². The van der Waals surface area contributed by atoms with Crippen molar-refractivity contribution in [1.82, 2.24) is 0 Å². The van der Waals surface area contributed by atoms with Gasteiger partial charge in [0.15, 0.2) is 0 Å². The number of carboxylic acid groups (broad SMARTS) is 1. The summed E-state index contributed by atoms with van der Waals surface area (Å²) in [4.78, 5) is 22.5. The van der Waals surface area contributed by atoms with Gasteiger partial charge < -0.3 is 15.3 Å². The van der Waals surface area contributed by atoms with Gasteiger partial charge in [-0.05, 0) is 25.7 Å². The Hall–Kier alpha value is -1.46. The highest BCUT2D eigenvalue weighted by Crippen LogP contribution is 2.33. The molecule has 5 heteroatoms. The molecule has 1 fully saturated rings. The number of unbranched alkanes of at least 4 members (excludes halogenated alkanes) is 3. The van der Waals surface area contributed by atoms with Crippen molar-refractivity contribution in [1.29, 1.82) is 0 Å². The molecule has 5 nitrogen and oxygen atoms in total. The lowest BCUT2D eigenvalue weighted by Crippen LogP contribution is -2.19. The summed E-state index contributed by atoms with van der Waals surface area (Å²) in [5.74, 6) is -1.29. The molecule has 0 radical (unpaired) electrons. The second-order valence-corrected chi connectivity index (χ2v) is 6.87. The van der Waals surface area contributed by atoms with Crippen LogP contribution in [-0.4, -0.2) is 39.3 Å². The van der Waals surface area contributed by atoms with Crippen LogP contribution in [0.25, 0.3) is 0 Å². The van der Waals surface area contributed by atoms with Crippen LogP contribution in [0, 0.1) is 11.8 Å². The highest BCUT2D eigenvalue weighted by molar-refractivity contribution is 5.86. The van der Waals surface area contributed by atoms with Crippen molar-refractivity contribution in [2.75, 3.05) is 0 Å². The van der Waals surface area contributed by atoms with E-state index in [1.165, 1.54) is 0 Å². The Labute approximate surface area is 150 Å². The van der Waals surface area contributed by atoms with Gasteiger partial charge in [-0.3, -0.25) is 9.59 Å². The third kappa shape index (κ3) is 8.45. The molecule has 0 aromatic rings. The Bertz CT molecular complexity index is 469. The largest absolute Gasteiger partial charge is 0.481 e. The lowest BCUT2D eigenvalue weighted by molar-refractivity contribution is -0.137. The first-order valence-corrected chi connectivity index (χ1v) is 9.39. The van der Waals surface area contributed by atoms with Crippen molar-refractivity contribution in [2.24, 2.45) is 11.8 Å². The number of hydrogen-bond donors (Lipinski definition) is 3. The average molecular weight is 352 g/mol. The average Bonchev–Trinajstić information content (AvgIpc) is 2.82. The van der Waals surface area contributed by atoms with E-state index >= 15 is 0 Å². The number of allylic oxidation sites excluding steroid dienone is 3. The number of aliphatic hydroxyl groups excluding tert-OH is 2. The SMILES string of the molecule is CCCCC[C@H](O)/C=C/C1C(=O)C[C@H](O)[C@@H]1C/C=C/CCCC(=O)O. The molecular weight excluding hydrogens is 320 g/mol. The van der Waals surface area contributed by atoms with Crippen LogP contribution in [0.1, 0.15) is 64.7 Å². The van der Waals surface area contributed by atoms with Gasteiger partial charge in [0.2, 0.25) is 0 Å². The first-order valence-electron chi connectivity index (χ1n) is 9.39. The van der Waals surface area contributed by atoms with Gasteiger partial charge in [0.25, 0.3) is 0 Å². The molecule has 0 aromatic carbocycles. The summed E-state index contributed by atoms with van der Waals surface area (Å²) in [6, 6.07) is 0. The molecule has 142 valence electrons. The quantitative estimate of drug-likeness (QED) is 0.370. The second-order valence-electron chi connectivity index (χ2n) is 6.87. The number of carboxylic acids is 1. The molecule has 0 saturated heterocycles. The van der Waals surface area contributed by atoms with Gasteiger partial charge in [-0.2, -0.15) is 0 Å². The molecule has 1 unspecified atom stereocenters. The first kappa shape index (κ1) is 21.6. The second kappa shape index (κ2) is 12.0. The molecule has 3 N–H and O–H groups in total. The number of Topliss-reactive ketones (excluding diaryl/α,β-unsaturated/α-hetero) is 1. The van der Waals surface area contributed by atoms with Crippen LogP contribution in [0.3, 0.4) is 0 Å². The number of hydrogen-bond acceptors (Lipinski definition) is 4. The predicted molar refractivity (Wildman–Crippen MR) is 97.1 cm³/mol. The van der Waals surface area contributed by atoms with Crippen molar-refractivity contribution in [3.05, 3.63) is 24.3 Å². The summed E-state index contributed by atoms with van der Waals surface area (Å²) in [5.41, 5.74) is 0. The smallest absolute Gasteiger partial charge is 0.303 e. The number of carbonyl (C=O) groups excluding carboxylic acids is 1. The van der Waals surface area contributed by atoms with E-state index < -0.39 is 18.2 Å². The van der Waals surface area contributed by atoms with Crippen LogP contribution in [0.15, 0.2) is 24.3 Å².